The van der Waals surface area contributed by atoms with Crippen LogP contribution in [-0.4, -0.2) is 23.4 Å². The molecule has 0 radical (unpaired) electrons. The molecule has 0 spiro atoms. The Hall–Kier alpha value is -1.42. The Morgan fingerprint density at radius 3 is 2.37 bits per heavy atom. The molecule has 1 rings (SSSR count). The number of hydrogen-bond acceptors (Lipinski definition) is 2. The minimum absolute atomic E-state index is 0.0513. The lowest BCUT2D eigenvalue weighted by atomic mass is 9.99. The average Bonchev–Trinajstić information content (AvgIpc) is 2.34. The fourth-order valence-electron chi connectivity index (χ4n) is 1.79. The van der Waals surface area contributed by atoms with Crippen LogP contribution in [0.3, 0.4) is 0 Å². The Bertz CT molecular complexity index is 423. The van der Waals surface area contributed by atoms with Crippen LogP contribution in [-0.2, 0) is 4.79 Å². The monoisotopic (exact) mass is 266 g/mol. The number of hydrogen-bond donors (Lipinski definition) is 1. The van der Waals surface area contributed by atoms with Crippen LogP contribution in [0.1, 0.15) is 45.2 Å². The van der Waals surface area contributed by atoms with E-state index in [-0.39, 0.29) is 23.3 Å². The van der Waals surface area contributed by atoms with E-state index in [1.54, 1.807) is 24.1 Å². The predicted octanol–water partition coefficient (Wildman–Crippen LogP) is 2.86. The maximum Gasteiger partial charge on any atom is 0.222 e. The standard InChI is InChI=1S/C15H23FN2O/c1-11(12-5-7-13(16)8-6-12)18(4)14(19)9-10-15(2,3)17/h5-8,11H,9-10,17H2,1-4H3. The molecule has 1 atom stereocenters. The zero-order valence-corrected chi connectivity index (χ0v) is 12.1. The molecule has 0 aliphatic heterocycles. The van der Waals surface area contributed by atoms with Gasteiger partial charge in [-0.1, -0.05) is 12.1 Å². The first-order chi connectivity index (χ1) is 8.70. The molecule has 0 aromatic heterocycles. The number of benzene rings is 1. The highest BCUT2D eigenvalue weighted by atomic mass is 19.1. The molecule has 1 amide bonds. The molecule has 1 unspecified atom stereocenters. The molecule has 3 nitrogen and oxygen atoms in total. The largest absolute Gasteiger partial charge is 0.339 e. The van der Waals surface area contributed by atoms with Crippen molar-refractivity contribution in [3.63, 3.8) is 0 Å². The van der Waals surface area contributed by atoms with Gasteiger partial charge in [0.15, 0.2) is 0 Å². The Kier molecular flexibility index (Phi) is 5.06. The third-order valence-corrected chi connectivity index (χ3v) is 3.31. The highest BCUT2D eigenvalue weighted by molar-refractivity contribution is 5.76. The van der Waals surface area contributed by atoms with Crippen molar-refractivity contribution in [3.05, 3.63) is 35.6 Å². The van der Waals surface area contributed by atoms with E-state index >= 15 is 0 Å². The Morgan fingerprint density at radius 1 is 1.37 bits per heavy atom. The summed E-state index contributed by atoms with van der Waals surface area (Å²) in [6.07, 6.45) is 1.07. The van der Waals surface area contributed by atoms with Crippen molar-refractivity contribution in [1.82, 2.24) is 4.90 Å². The average molecular weight is 266 g/mol. The summed E-state index contributed by atoms with van der Waals surface area (Å²) in [5.41, 5.74) is 6.46. The molecule has 4 heteroatoms. The highest BCUT2D eigenvalue weighted by Crippen LogP contribution is 2.20. The van der Waals surface area contributed by atoms with Crippen molar-refractivity contribution in [3.8, 4) is 0 Å². The number of amides is 1. The molecule has 0 saturated carbocycles. The van der Waals surface area contributed by atoms with Crippen LogP contribution in [0.5, 0.6) is 0 Å². The minimum Gasteiger partial charge on any atom is -0.339 e. The fourth-order valence-corrected chi connectivity index (χ4v) is 1.79. The molecule has 1 aromatic rings. The molecule has 0 bridgehead atoms. The number of carbonyl (C=O) groups excluding carboxylic acids is 1. The van der Waals surface area contributed by atoms with Gasteiger partial charge in [0.2, 0.25) is 5.91 Å². The van der Waals surface area contributed by atoms with E-state index in [1.807, 2.05) is 20.8 Å². The van der Waals surface area contributed by atoms with Gasteiger partial charge in [-0.05, 0) is 44.9 Å². The van der Waals surface area contributed by atoms with Crippen molar-refractivity contribution in [1.29, 1.82) is 0 Å². The van der Waals surface area contributed by atoms with Crippen molar-refractivity contribution in [2.24, 2.45) is 5.73 Å². The fraction of sp³-hybridized carbons (Fsp3) is 0.533. The van der Waals surface area contributed by atoms with Crippen molar-refractivity contribution < 1.29 is 9.18 Å². The maximum absolute atomic E-state index is 12.9. The summed E-state index contributed by atoms with van der Waals surface area (Å²) in [5, 5.41) is 0. The van der Waals surface area contributed by atoms with Gasteiger partial charge in [0.25, 0.3) is 0 Å². The molecular weight excluding hydrogens is 243 g/mol. The van der Waals surface area contributed by atoms with Crippen LogP contribution >= 0.6 is 0 Å². The summed E-state index contributed by atoms with van der Waals surface area (Å²) in [4.78, 5) is 13.7. The van der Waals surface area contributed by atoms with Gasteiger partial charge >= 0.3 is 0 Å². The Balaban J connectivity index is 2.63. The third-order valence-electron chi connectivity index (χ3n) is 3.31. The molecule has 106 valence electrons. The SMILES string of the molecule is CC(c1ccc(F)cc1)N(C)C(=O)CCC(C)(C)N. The topological polar surface area (TPSA) is 46.3 Å². The lowest BCUT2D eigenvalue weighted by molar-refractivity contribution is -0.132. The zero-order valence-electron chi connectivity index (χ0n) is 12.1. The summed E-state index contributed by atoms with van der Waals surface area (Å²) in [6.45, 7) is 5.74. The first kappa shape index (κ1) is 15.6. The van der Waals surface area contributed by atoms with Gasteiger partial charge in [-0.3, -0.25) is 4.79 Å². The van der Waals surface area contributed by atoms with E-state index in [9.17, 15) is 9.18 Å². The Labute approximate surface area is 114 Å². The van der Waals surface area contributed by atoms with Crippen LogP contribution in [0.4, 0.5) is 4.39 Å². The number of rotatable bonds is 5. The summed E-state index contributed by atoms with van der Waals surface area (Å²) in [6, 6.07) is 6.15. The molecule has 19 heavy (non-hydrogen) atoms. The smallest absolute Gasteiger partial charge is 0.222 e. The molecule has 1 aromatic carbocycles. The number of halogens is 1. The van der Waals surface area contributed by atoms with Gasteiger partial charge < -0.3 is 10.6 Å². The second-order valence-electron chi connectivity index (χ2n) is 5.72. The lowest BCUT2D eigenvalue weighted by Crippen LogP contribution is -2.35. The van der Waals surface area contributed by atoms with Crippen LogP contribution in [0, 0.1) is 5.82 Å². The van der Waals surface area contributed by atoms with E-state index in [2.05, 4.69) is 0 Å². The molecule has 0 saturated heterocycles. The lowest BCUT2D eigenvalue weighted by Gasteiger charge is -2.27. The Morgan fingerprint density at radius 2 is 1.89 bits per heavy atom. The van der Waals surface area contributed by atoms with Crippen LogP contribution in [0.2, 0.25) is 0 Å². The third kappa shape index (κ3) is 4.99. The number of nitrogens with zero attached hydrogens (tertiary/aromatic N) is 1. The van der Waals surface area contributed by atoms with Crippen LogP contribution in [0.15, 0.2) is 24.3 Å². The van der Waals surface area contributed by atoms with Crippen molar-refractivity contribution >= 4 is 5.91 Å². The first-order valence-corrected chi connectivity index (χ1v) is 6.51. The van der Waals surface area contributed by atoms with E-state index in [0.717, 1.165) is 5.56 Å². The van der Waals surface area contributed by atoms with Gasteiger partial charge in [0.1, 0.15) is 5.82 Å². The zero-order chi connectivity index (χ0) is 14.6. The quantitative estimate of drug-likeness (QED) is 0.890. The molecule has 0 fully saturated rings. The van der Waals surface area contributed by atoms with Crippen LogP contribution < -0.4 is 5.73 Å². The molecule has 0 aliphatic rings. The van der Waals surface area contributed by atoms with E-state index in [0.29, 0.717) is 12.8 Å². The molecular formula is C15H23FN2O. The van der Waals surface area contributed by atoms with Gasteiger partial charge in [-0.2, -0.15) is 0 Å². The summed E-state index contributed by atoms with van der Waals surface area (Å²) >= 11 is 0. The summed E-state index contributed by atoms with van der Waals surface area (Å²) in [7, 11) is 1.76. The normalized spacial score (nSPS) is 13.2. The second kappa shape index (κ2) is 6.15. The number of nitrogens with two attached hydrogens (primary N) is 1. The summed E-state index contributed by atoms with van der Waals surface area (Å²) < 4.78 is 12.9. The van der Waals surface area contributed by atoms with Crippen molar-refractivity contribution in [2.45, 2.75) is 45.2 Å². The van der Waals surface area contributed by atoms with E-state index < -0.39 is 0 Å². The number of carbonyl (C=O) groups is 1. The van der Waals surface area contributed by atoms with Gasteiger partial charge in [-0.15, -0.1) is 0 Å². The first-order valence-electron chi connectivity index (χ1n) is 6.51. The maximum atomic E-state index is 12.9. The molecule has 0 heterocycles. The van der Waals surface area contributed by atoms with E-state index in [4.69, 9.17) is 5.73 Å². The van der Waals surface area contributed by atoms with Crippen LogP contribution in [0.25, 0.3) is 0 Å². The van der Waals surface area contributed by atoms with E-state index in [1.165, 1.54) is 12.1 Å². The minimum atomic E-state index is -0.338. The predicted molar refractivity (Wildman–Crippen MR) is 75.1 cm³/mol. The van der Waals surface area contributed by atoms with Gasteiger partial charge in [0, 0.05) is 19.0 Å². The van der Waals surface area contributed by atoms with Crippen molar-refractivity contribution in [2.75, 3.05) is 7.05 Å². The summed E-state index contributed by atoms with van der Waals surface area (Å²) in [5.74, 6) is -0.217. The molecule has 2 N–H and O–H groups in total. The molecule has 0 aliphatic carbocycles. The van der Waals surface area contributed by atoms with Gasteiger partial charge in [0.05, 0.1) is 6.04 Å². The van der Waals surface area contributed by atoms with Gasteiger partial charge in [-0.25, -0.2) is 4.39 Å². The second-order valence-corrected chi connectivity index (χ2v) is 5.72. The highest BCUT2D eigenvalue weighted by Gasteiger charge is 2.20.